The van der Waals surface area contributed by atoms with Crippen molar-refractivity contribution in [1.29, 1.82) is 0 Å². The number of amides is 1. The molecule has 0 spiro atoms. The third-order valence-corrected chi connectivity index (χ3v) is 5.10. The Kier molecular flexibility index (Phi) is 7.61. The third kappa shape index (κ3) is 5.96. The van der Waals surface area contributed by atoms with Crippen LogP contribution in [0.4, 0.5) is 30.7 Å². The Balaban J connectivity index is 2.07. The van der Waals surface area contributed by atoms with E-state index < -0.39 is 52.5 Å². The minimum absolute atomic E-state index is 0.00243. The Morgan fingerprint density at radius 3 is 2.33 bits per heavy atom. The highest BCUT2D eigenvalue weighted by atomic mass is 19.4. The minimum atomic E-state index is -5.06. The van der Waals surface area contributed by atoms with Crippen molar-refractivity contribution in [3.63, 3.8) is 0 Å². The molecule has 11 heteroatoms. The highest BCUT2D eigenvalue weighted by molar-refractivity contribution is 5.98. The monoisotopic (exact) mass is 509 g/mol. The summed E-state index contributed by atoms with van der Waals surface area (Å²) in [6.45, 7) is 4.40. The second-order valence-electron chi connectivity index (χ2n) is 7.52. The molecule has 188 valence electrons. The lowest BCUT2D eigenvalue weighted by Gasteiger charge is -2.23. The summed E-state index contributed by atoms with van der Waals surface area (Å²) in [7, 11) is 0. The van der Waals surface area contributed by atoms with Crippen LogP contribution in [0.15, 0.2) is 90.6 Å². The maximum Gasteiger partial charge on any atom is 0.418 e. The maximum atomic E-state index is 14.5. The van der Waals surface area contributed by atoms with Gasteiger partial charge in [-0.2, -0.15) is 26.3 Å². The lowest BCUT2D eigenvalue weighted by atomic mass is 9.98. The molecule has 4 nitrogen and oxygen atoms in total. The zero-order valence-corrected chi connectivity index (χ0v) is 18.6. The molecule has 36 heavy (non-hydrogen) atoms. The summed E-state index contributed by atoms with van der Waals surface area (Å²) in [5.41, 5.74) is -3.85. The van der Waals surface area contributed by atoms with Crippen molar-refractivity contribution >= 4 is 16.8 Å². The molecular weight excluding hydrogens is 491 g/mol. The normalized spacial score (nSPS) is 14.0. The second-order valence-corrected chi connectivity index (χ2v) is 7.52. The number of rotatable bonds is 6. The Morgan fingerprint density at radius 1 is 1.03 bits per heavy atom. The third-order valence-electron chi connectivity index (χ3n) is 5.10. The fraction of sp³-hybridized carbons (Fsp3) is 0.160. The van der Waals surface area contributed by atoms with Crippen molar-refractivity contribution < 1.29 is 35.5 Å². The van der Waals surface area contributed by atoms with Gasteiger partial charge in [-0.15, -0.1) is 0 Å². The first kappa shape index (κ1) is 26.6. The summed E-state index contributed by atoms with van der Waals surface area (Å²) in [5, 5.41) is 2.98. The van der Waals surface area contributed by atoms with E-state index in [1.165, 1.54) is 18.3 Å². The van der Waals surface area contributed by atoms with E-state index in [-0.39, 0.29) is 5.56 Å². The number of pyridine rings is 2. The van der Waals surface area contributed by atoms with Gasteiger partial charge in [-0.25, -0.2) is 4.39 Å². The van der Waals surface area contributed by atoms with Crippen LogP contribution in [0.5, 0.6) is 0 Å². The van der Waals surface area contributed by atoms with Crippen LogP contribution in [-0.4, -0.2) is 22.1 Å². The van der Waals surface area contributed by atoms with Crippen LogP contribution in [0.25, 0.3) is 10.9 Å². The van der Waals surface area contributed by atoms with Gasteiger partial charge in [0.1, 0.15) is 5.83 Å². The number of alkyl halides is 6. The molecule has 0 unspecified atom stereocenters. The first-order valence-corrected chi connectivity index (χ1v) is 10.3. The van der Waals surface area contributed by atoms with E-state index in [2.05, 4.69) is 21.9 Å². The van der Waals surface area contributed by atoms with Gasteiger partial charge in [0.2, 0.25) is 0 Å². The molecule has 0 radical (unpaired) electrons. The Hall–Kier alpha value is -4.02. The van der Waals surface area contributed by atoms with Crippen molar-refractivity contribution in [2.45, 2.75) is 25.3 Å². The van der Waals surface area contributed by atoms with Crippen LogP contribution in [0.2, 0.25) is 0 Å². The van der Waals surface area contributed by atoms with E-state index in [9.17, 15) is 35.5 Å². The van der Waals surface area contributed by atoms with Crippen molar-refractivity contribution in [3.8, 4) is 0 Å². The molecule has 0 fully saturated rings. The van der Waals surface area contributed by atoms with Crippen molar-refractivity contribution in [3.05, 3.63) is 107 Å². The van der Waals surface area contributed by atoms with Gasteiger partial charge >= 0.3 is 12.4 Å². The molecular formula is C25H18F7N3O. The molecule has 2 heterocycles. The Morgan fingerprint density at radius 2 is 1.69 bits per heavy atom. The average Bonchev–Trinajstić information content (AvgIpc) is 2.80. The SMILES string of the molecule is C=C(/C=C(F)\C(=C/C)C(F)(F)F)[C@H](NC(=O)c1ccc2cccnc2c1)c1ncccc1C(F)(F)F. The fourth-order valence-corrected chi connectivity index (χ4v) is 3.41. The number of carbonyl (C=O) groups excluding carboxylic acids is 1. The summed E-state index contributed by atoms with van der Waals surface area (Å²) in [6, 6.07) is 7.60. The van der Waals surface area contributed by atoms with E-state index in [4.69, 9.17) is 0 Å². The highest BCUT2D eigenvalue weighted by Gasteiger charge is 2.38. The standard InChI is InChI=1S/C25H18F7N3O/c1-3-17(24(27,28)29)19(26)12-14(2)21(22-18(25(30,31)32)7-5-11-34-22)35-23(36)16-9-8-15-6-4-10-33-20(15)13-16/h3-13,21H,2H2,1H3,(H,35,36)/b17-3+,19-12+/t21-/m0/s1. The molecule has 0 saturated heterocycles. The molecule has 0 saturated carbocycles. The number of hydrogen-bond donors (Lipinski definition) is 1. The van der Waals surface area contributed by atoms with E-state index in [1.54, 1.807) is 18.2 Å². The summed E-state index contributed by atoms with van der Waals surface area (Å²) in [6.07, 6.45) is -6.71. The molecule has 1 atom stereocenters. The summed E-state index contributed by atoms with van der Waals surface area (Å²) >= 11 is 0. The molecule has 0 aliphatic rings. The summed E-state index contributed by atoms with van der Waals surface area (Å²) in [5.74, 6) is -2.68. The molecule has 0 aliphatic carbocycles. The van der Waals surface area contributed by atoms with Gasteiger partial charge in [0.05, 0.1) is 28.4 Å². The van der Waals surface area contributed by atoms with Crippen LogP contribution in [-0.2, 0) is 6.18 Å². The lowest BCUT2D eigenvalue weighted by molar-refractivity contribution is -0.138. The molecule has 1 N–H and O–H groups in total. The Labute approximate surface area is 200 Å². The molecule has 0 aliphatic heterocycles. The van der Waals surface area contributed by atoms with E-state index >= 15 is 0 Å². The minimum Gasteiger partial charge on any atom is -0.340 e. The number of allylic oxidation sites excluding steroid dienone is 3. The van der Waals surface area contributed by atoms with Crippen molar-refractivity contribution in [2.75, 3.05) is 0 Å². The van der Waals surface area contributed by atoms with Crippen LogP contribution >= 0.6 is 0 Å². The van der Waals surface area contributed by atoms with Crippen molar-refractivity contribution in [1.82, 2.24) is 15.3 Å². The van der Waals surface area contributed by atoms with Crippen LogP contribution in [0, 0.1) is 0 Å². The Bertz CT molecular complexity index is 1360. The molecule has 1 amide bonds. The van der Waals surface area contributed by atoms with Gasteiger partial charge in [-0.05, 0) is 48.9 Å². The van der Waals surface area contributed by atoms with Gasteiger partial charge in [0, 0.05) is 23.3 Å². The van der Waals surface area contributed by atoms with Crippen molar-refractivity contribution in [2.24, 2.45) is 0 Å². The van der Waals surface area contributed by atoms with Gasteiger partial charge < -0.3 is 5.32 Å². The first-order chi connectivity index (χ1) is 16.8. The van der Waals surface area contributed by atoms with Crippen LogP contribution < -0.4 is 5.32 Å². The van der Waals surface area contributed by atoms with Crippen LogP contribution in [0.3, 0.4) is 0 Å². The number of benzene rings is 1. The maximum absolute atomic E-state index is 14.5. The van der Waals surface area contributed by atoms with Gasteiger partial charge in [0.15, 0.2) is 0 Å². The number of nitrogens with one attached hydrogen (secondary N) is 1. The van der Waals surface area contributed by atoms with Gasteiger partial charge in [-0.1, -0.05) is 24.8 Å². The van der Waals surface area contributed by atoms with Gasteiger partial charge in [-0.3, -0.25) is 14.8 Å². The number of aromatic nitrogens is 2. The highest BCUT2D eigenvalue weighted by Crippen LogP contribution is 2.37. The predicted octanol–water partition coefficient (Wildman–Crippen LogP) is 7.04. The number of carbonyl (C=O) groups is 1. The lowest BCUT2D eigenvalue weighted by Crippen LogP contribution is -2.31. The predicted molar refractivity (Wildman–Crippen MR) is 119 cm³/mol. The van der Waals surface area contributed by atoms with Crippen LogP contribution in [0.1, 0.15) is 34.6 Å². The zero-order chi connectivity index (χ0) is 26.7. The first-order valence-electron chi connectivity index (χ1n) is 10.3. The van der Waals surface area contributed by atoms with E-state index in [1.807, 2.05) is 0 Å². The van der Waals surface area contributed by atoms with E-state index in [0.29, 0.717) is 29.1 Å². The van der Waals surface area contributed by atoms with E-state index in [0.717, 1.165) is 19.2 Å². The number of hydrogen-bond acceptors (Lipinski definition) is 3. The number of halogens is 7. The second kappa shape index (κ2) is 10.3. The molecule has 0 bridgehead atoms. The quantitative estimate of drug-likeness (QED) is 0.287. The molecule has 2 aromatic heterocycles. The largest absolute Gasteiger partial charge is 0.418 e. The summed E-state index contributed by atoms with van der Waals surface area (Å²) in [4.78, 5) is 20.8. The topological polar surface area (TPSA) is 54.9 Å². The molecule has 3 rings (SSSR count). The molecule has 3 aromatic rings. The molecule has 1 aromatic carbocycles. The average molecular weight is 509 g/mol. The van der Waals surface area contributed by atoms with Gasteiger partial charge in [0.25, 0.3) is 5.91 Å². The summed E-state index contributed by atoms with van der Waals surface area (Å²) < 4.78 is 94.8. The fourth-order valence-electron chi connectivity index (χ4n) is 3.41. The smallest absolute Gasteiger partial charge is 0.340 e. The zero-order valence-electron chi connectivity index (χ0n) is 18.6. The number of fused-ring (bicyclic) bond motifs is 1. The number of nitrogens with zero attached hydrogens (tertiary/aromatic N) is 2.